The number of likely N-dealkylation sites (N-methyl/N-ethyl adjacent to an activating group) is 1. The van der Waals surface area contributed by atoms with E-state index in [-0.39, 0.29) is 11.6 Å². The number of nitrogens with one attached hydrogen (secondary N) is 1. The summed E-state index contributed by atoms with van der Waals surface area (Å²) in [4.78, 5) is 0. The fourth-order valence-corrected chi connectivity index (χ4v) is 2.61. The van der Waals surface area contributed by atoms with Crippen molar-refractivity contribution < 1.29 is 4.74 Å². The topological polar surface area (TPSA) is 47.3 Å². The van der Waals surface area contributed by atoms with Crippen LogP contribution in [-0.2, 0) is 6.42 Å². The zero-order valence-corrected chi connectivity index (χ0v) is 9.62. The summed E-state index contributed by atoms with van der Waals surface area (Å²) in [5.74, 6) is 1.04. The number of rotatable bonds is 3. The first-order valence-electron chi connectivity index (χ1n) is 5.95. The molecule has 0 amide bonds. The summed E-state index contributed by atoms with van der Waals surface area (Å²) in [6, 6.07) is 6.74. The fourth-order valence-electron chi connectivity index (χ4n) is 2.61. The molecule has 86 valence electrons. The maximum absolute atomic E-state index is 6.28. The third kappa shape index (κ3) is 1.51. The molecule has 1 aliphatic heterocycles. The first kappa shape index (κ1) is 10.1. The van der Waals surface area contributed by atoms with Crippen molar-refractivity contribution in [2.24, 2.45) is 5.73 Å². The molecule has 0 aromatic heterocycles. The molecule has 0 saturated heterocycles. The molecule has 1 aromatic carbocycles. The van der Waals surface area contributed by atoms with Gasteiger partial charge in [0.25, 0.3) is 0 Å². The molecule has 1 aromatic rings. The largest absolute Gasteiger partial charge is 0.493 e. The average Bonchev–Trinajstić information content (AvgIpc) is 2.86. The minimum atomic E-state index is -0.0253. The molecule has 1 fully saturated rings. The number of nitrogens with two attached hydrogens (primary N) is 1. The number of ether oxygens (including phenoxy) is 1. The Morgan fingerprint density at radius 2 is 2.25 bits per heavy atom. The van der Waals surface area contributed by atoms with Crippen LogP contribution in [0.15, 0.2) is 18.2 Å². The van der Waals surface area contributed by atoms with Crippen LogP contribution in [0.3, 0.4) is 0 Å². The Morgan fingerprint density at radius 1 is 1.44 bits per heavy atom. The van der Waals surface area contributed by atoms with Gasteiger partial charge in [-0.15, -0.1) is 0 Å². The van der Waals surface area contributed by atoms with Gasteiger partial charge >= 0.3 is 0 Å². The van der Waals surface area contributed by atoms with E-state index in [4.69, 9.17) is 10.5 Å². The van der Waals surface area contributed by atoms with Gasteiger partial charge in [0.05, 0.1) is 12.6 Å². The SMILES string of the molecule is CNC(c1ccc2c(c1)CCO2)C1(N)CC1. The molecule has 1 aliphatic carbocycles. The maximum atomic E-state index is 6.28. The van der Waals surface area contributed by atoms with Crippen molar-refractivity contribution in [2.45, 2.75) is 30.8 Å². The highest BCUT2D eigenvalue weighted by Crippen LogP contribution is 2.44. The van der Waals surface area contributed by atoms with Crippen LogP contribution < -0.4 is 15.8 Å². The fraction of sp³-hybridized carbons (Fsp3) is 0.538. The van der Waals surface area contributed by atoms with Crippen LogP contribution >= 0.6 is 0 Å². The highest BCUT2D eigenvalue weighted by molar-refractivity contribution is 5.42. The van der Waals surface area contributed by atoms with E-state index in [0.29, 0.717) is 0 Å². The lowest BCUT2D eigenvalue weighted by atomic mass is 9.96. The van der Waals surface area contributed by atoms with Crippen molar-refractivity contribution in [3.63, 3.8) is 0 Å². The molecule has 3 N–H and O–H groups in total. The second kappa shape index (κ2) is 3.47. The Hall–Kier alpha value is -1.06. The Bertz CT molecular complexity index is 412. The highest BCUT2D eigenvalue weighted by Gasteiger charge is 2.45. The maximum Gasteiger partial charge on any atom is 0.122 e. The monoisotopic (exact) mass is 218 g/mol. The molecule has 3 nitrogen and oxygen atoms in total. The van der Waals surface area contributed by atoms with Crippen LogP contribution in [-0.4, -0.2) is 19.2 Å². The molecule has 16 heavy (non-hydrogen) atoms. The molecule has 0 spiro atoms. The van der Waals surface area contributed by atoms with Gasteiger partial charge in [0.15, 0.2) is 0 Å². The molecule has 2 aliphatic rings. The van der Waals surface area contributed by atoms with Crippen molar-refractivity contribution in [1.82, 2.24) is 5.32 Å². The molecular formula is C13H18N2O. The van der Waals surface area contributed by atoms with Crippen molar-refractivity contribution in [2.75, 3.05) is 13.7 Å². The third-order valence-corrected chi connectivity index (χ3v) is 3.74. The lowest BCUT2D eigenvalue weighted by molar-refractivity contribution is 0.356. The van der Waals surface area contributed by atoms with Crippen LogP contribution in [0.25, 0.3) is 0 Å². The van der Waals surface area contributed by atoms with Gasteiger partial charge < -0.3 is 15.8 Å². The Morgan fingerprint density at radius 3 is 2.94 bits per heavy atom. The van der Waals surface area contributed by atoms with Crippen LogP contribution in [0.1, 0.15) is 30.0 Å². The Labute approximate surface area is 96.0 Å². The van der Waals surface area contributed by atoms with E-state index in [1.165, 1.54) is 11.1 Å². The summed E-state index contributed by atoms with van der Waals surface area (Å²) in [6.07, 6.45) is 3.26. The summed E-state index contributed by atoms with van der Waals surface area (Å²) in [5.41, 5.74) is 8.88. The van der Waals surface area contributed by atoms with E-state index in [1.54, 1.807) is 0 Å². The van der Waals surface area contributed by atoms with Crippen LogP contribution in [0.4, 0.5) is 0 Å². The molecule has 1 heterocycles. The molecule has 1 unspecified atom stereocenters. The summed E-state index contributed by atoms with van der Waals surface area (Å²) in [5, 5.41) is 3.35. The van der Waals surface area contributed by atoms with Crippen LogP contribution in [0.5, 0.6) is 5.75 Å². The van der Waals surface area contributed by atoms with Gasteiger partial charge in [-0.2, -0.15) is 0 Å². The summed E-state index contributed by atoms with van der Waals surface area (Å²) >= 11 is 0. The lowest BCUT2D eigenvalue weighted by Crippen LogP contribution is -2.38. The Balaban J connectivity index is 1.93. The number of hydrogen-bond donors (Lipinski definition) is 2. The first-order valence-corrected chi connectivity index (χ1v) is 5.95. The van der Waals surface area contributed by atoms with E-state index >= 15 is 0 Å². The van der Waals surface area contributed by atoms with Crippen molar-refractivity contribution in [3.05, 3.63) is 29.3 Å². The first-order chi connectivity index (χ1) is 7.73. The van der Waals surface area contributed by atoms with Gasteiger partial charge in [0.1, 0.15) is 5.75 Å². The van der Waals surface area contributed by atoms with Crippen molar-refractivity contribution in [1.29, 1.82) is 0 Å². The van der Waals surface area contributed by atoms with E-state index in [2.05, 4.69) is 23.5 Å². The summed E-state index contributed by atoms with van der Waals surface area (Å²) in [7, 11) is 1.99. The predicted molar refractivity (Wildman–Crippen MR) is 63.6 cm³/mol. The minimum absolute atomic E-state index is 0.0253. The summed E-state index contributed by atoms with van der Waals surface area (Å²) < 4.78 is 5.52. The smallest absolute Gasteiger partial charge is 0.122 e. The van der Waals surface area contributed by atoms with Crippen molar-refractivity contribution in [3.8, 4) is 5.75 Å². The zero-order valence-electron chi connectivity index (χ0n) is 9.62. The van der Waals surface area contributed by atoms with Gasteiger partial charge in [0, 0.05) is 12.0 Å². The van der Waals surface area contributed by atoms with Gasteiger partial charge in [0.2, 0.25) is 0 Å². The lowest BCUT2D eigenvalue weighted by Gasteiger charge is -2.23. The van der Waals surface area contributed by atoms with Crippen LogP contribution in [0.2, 0.25) is 0 Å². The van der Waals surface area contributed by atoms with Crippen LogP contribution in [0, 0.1) is 0 Å². The predicted octanol–water partition coefficient (Wildman–Crippen LogP) is 1.37. The number of benzene rings is 1. The number of hydrogen-bond acceptors (Lipinski definition) is 3. The average molecular weight is 218 g/mol. The highest BCUT2D eigenvalue weighted by atomic mass is 16.5. The molecule has 0 bridgehead atoms. The second-order valence-electron chi connectivity index (χ2n) is 4.92. The van der Waals surface area contributed by atoms with Gasteiger partial charge in [-0.05, 0) is 37.1 Å². The summed E-state index contributed by atoms with van der Waals surface area (Å²) in [6.45, 7) is 0.816. The quantitative estimate of drug-likeness (QED) is 0.805. The van der Waals surface area contributed by atoms with Gasteiger partial charge in [-0.3, -0.25) is 0 Å². The molecule has 1 atom stereocenters. The van der Waals surface area contributed by atoms with Crippen molar-refractivity contribution >= 4 is 0 Å². The van der Waals surface area contributed by atoms with E-state index < -0.39 is 0 Å². The van der Waals surface area contributed by atoms with Gasteiger partial charge in [-0.1, -0.05) is 12.1 Å². The standard InChI is InChI=1S/C13H18N2O/c1-15-12(13(14)5-6-13)10-2-3-11-9(8-10)4-7-16-11/h2-3,8,12,15H,4-7,14H2,1H3. The molecule has 1 saturated carbocycles. The van der Waals surface area contributed by atoms with E-state index in [1.807, 2.05) is 7.05 Å². The van der Waals surface area contributed by atoms with Gasteiger partial charge in [-0.25, -0.2) is 0 Å². The number of fused-ring (bicyclic) bond motifs is 1. The van der Waals surface area contributed by atoms with E-state index in [0.717, 1.165) is 31.6 Å². The minimum Gasteiger partial charge on any atom is -0.493 e. The molecule has 0 radical (unpaired) electrons. The normalized spacial score (nSPS) is 22.4. The molecule has 3 heteroatoms. The second-order valence-corrected chi connectivity index (χ2v) is 4.92. The molecule has 3 rings (SSSR count). The van der Waals surface area contributed by atoms with E-state index in [9.17, 15) is 0 Å². The zero-order chi connectivity index (χ0) is 11.2. The third-order valence-electron chi connectivity index (χ3n) is 3.74. The molecular weight excluding hydrogens is 200 g/mol. The Kier molecular flexibility index (Phi) is 2.19.